The smallest absolute Gasteiger partial charge is 0.165 e. The van der Waals surface area contributed by atoms with Gasteiger partial charge >= 0.3 is 0 Å². The Bertz CT molecular complexity index is 435. The highest BCUT2D eigenvalue weighted by molar-refractivity contribution is 5.33. The lowest BCUT2D eigenvalue weighted by Gasteiger charge is -2.30. The second-order valence-corrected chi connectivity index (χ2v) is 5.65. The van der Waals surface area contributed by atoms with E-state index in [1.807, 2.05) is 6.07 Å². The molecule has 0 amide bonds. The molecule has 1 aromatic rings. The van der Waals surface area contributed by atoms with E-state index < -0.39 is 0 Å². The Hall–Kier alpha value is -1.09. The van der Waals surface area contributed by atoms with E-state index in [1.54, 1.807) is 12.1 Å². The lowest BCUT2D eigenvalue weighted by atomic mass is 9.73. The highest BCUT2D eigenvalue weighted by Crippen LogP contribution is 2.51. The van der Waals surface area contributed by atoms with Gasteiger partial charge in [0.1, 0.15) is 0 Å². The molecule has 1 unspecified atom stereocenters. The topological polar surface area (TPSA) is 21.3 Å². The molecule has 1 N–H and O–H groups in total. The van der Waals surface area contributed by atoms with Gasteiger partial charge in [0.05, 0.1) is 7.11 Å². The van der Waals surface area contributed by atoms with E-state index in [0.717, 1.165) is 18.7 Å². The fourth-order valence-corrected chi connectivity index (χ4v) is 3.78. The van der Waals surface area contributed by atoms with E-state index in [0.29, 0.717) is 17.1 Å². The molecule has 2 aliphatic rings. The van der Waals surface area contributed by atoms with Gasteiger partial charge in [-0.2, -0.15) is 0 Å². The first-order chi connectivity index (χ1) is 8.75. The van der Waals surface area contributed by atoms with E-state index in [-0.39, 0.29) is 5.82 Å². The van der Waals surface area contributed by atoms with Crippen molar-refractivity contribution >= 4 is 0 Å². The molecule has 18 heavy (non-hydrogen) atoms. The van der Waals surface area contributed by atoms with Gasteiger partial charge in [-0.05, 0) is 36.0 Å². The average Bonchev–Trinajstić information content (AvgIpc) is 3.00. The second kappa shape index (κ2) is 4.54. The van der Waals surface area contributed by atoms with Crippen LogP contribution in [-0.4, -0.2) is 20.2 Å². The van der Waals surface area contributed by atoms with Crippen LogP contribution in [0.1, 0.15) is 37.2 Å². The second-order valence-electron chi connectivity index (χ2n) is 5.65. The number of hydrogen-bond donors (Lipinski definition) is 1. The number of hydrogen-bond acceptors (Lipinski definition) is 2. The van der Waals surface area contributed by atoms with E-state index in [4.69, 9.17) is 4.74 Å². The Morgan fingerprint density at radius 3 is 2.78 bits per heavy atom. The molecule has 98 valence electrons. The van der Waals surface area contributed by atoms with Crippen molar-refractivity contribution in [2.45, 2.75) is 31.6 Å². The Morgan fingerprint density at radius 2 is 2.11 bits per heavy atom. The predicted octanol–water partition coefficient (Wildman–Crippen LogP) is 3.08. The molecular weight excluding hydrogens is 229 g/mol. The fraction of sp³-hybridized carbons (Fsp3) is 0.600. The molecule has 1 aromatic carbocycles. The quantitative estimate of drug-likeness (QED) is 0.869. The van der Waals surface area contributed by atoms with Crippen LogP contribution in [0, 0.1) is 11.2 Å². The molecule has 0 bridgehead atoms. The Morgan fingerprint density at radius 1 is 1.33 bits per heavy atom. The molecule has 2 nitrogen and oxygen atoms in total. The van der Waals surface area contributed by atoms with Crippen molar-refractivity contribution < 1.29 is 9.13 Å². The SMILES string of the molecule is COc1ccc(C2CNCC23CCCC3)cc1F. The van der Waals surface area contributed by atoms with Gasteiger partial charge in [0.15, 0.2) is 11.6 Å². The van der Waals surface area contributed by atoms with Gasteiger partial charge in [-0.15, -0.1) is 0 Å². The standard InChI is InChI=1S/C15H20FNO/c1-18-14-5-4-11(8-13(14)16)12-9-17-10-15(12)6-2-3-7-15/h4-5,8,12,17H,2-3,6-7,9-10H2,1H3. The molecule has 1 atom stereocenters. The number of halogens is 1. The van der Waals surface area contributed by atoms with Crippen LogP contribution in [-0.2, 0) is 0 Å². The third-order valence-electron chi connectivity index (χ3n) is 4.74. The Kier molecular flexibility index (Phi) is 3.02. The first-order valence-electron chi connectivity index (χ1n) is 6.79. The predicted molar refractivity (Wildman–Crippen MR) is 69.5 cm³/mol. The van der Waals surface area contributed by atoms with Crippen molar-refractivity contribution in [3.8, 4) is 5.75 Å². The molecule has 3 rings (SSSR count). The van der Waals surface area contributed by atoms with Gasteiger partial charge in [0.25, 0.3) is 0 Å². The molecule has 1 aliphatic carbocycles. The Labute approximate surface area is 108 Å². The highest BCUT2D eigenvalue weighted by atomic mass is 19.1. The van der Waals surface area contributed by atoms with E-state index in [2.05, 4.69) is 5.32 Å². The molecular formula is C15H20FNO. The molecule has 1 aliphatic heterocycles. The van der Waals surface area contributed by atoms with Crippen molar-refractivity contribution in [1.82, 2.24) is 5.32 Å². The lowest BCUT2D eigenvalue weighted by Crippen LogP contribution is -2.25. The van der Waals surface area contributed by atoms with E-state index in [1.165, 1.54) is 32.8 Å². The minimum atomic E-state index is -0.241. The summed E-state index contributed by atoms with van der Waals surface area (Å²) in [6, 6.07) is 5.45. The van der Waals surface area contributed by atoms with Gasteiger partial charge in [-0.3, -0.25) is 0 Å². The molecule has 1 spiro atoms. The minimum absolute atomic E-state index is 0.241. The summed E-state index contributed by atoms with van der Waals surface area (Å²) in [5.74, 6) is 0.556. The number of benzene rings is 1. The summed E-state index contributed by atoms with van der Waals surface area (Å²) in [7, 11) is 1.51. The van der Waals surface area contributed by atoms with Crippen molar-refractivity contribution in [3.05, 3.63) is 29.6 Å². The van der Waals surface area contributed by atoms with Crippen molar-refractivity contribution in [1.29, 1.82) is 0 Å². The molecule has 0 radical (unpaired) electrons. The first-order valence-corrected chi connectivity index (χ1v) is 6.79. The van der Waals surface area contributed by atoms with Crippen LogP contribution in [0.4, 0.5) is 4.39 Å². The van der Waals surface area contributed by atoms with Gasteiger partial charge < -0.3 is 10.1 Å². The van der Waals surface area contributed by atoms with Crippen molar-refractivity contribution in [2.24, 2.45) is 5.41 Å². The lowest BCUT2D eigenvalue weighted by molar-refractivity contribution is 0.294. The maximum absolute atomic E-state index is 13.8. The highest BCUT2D eigenvalue weighted by Gasteiger charge is 2.45. The zero-order valence-corrected chi connectivity index (χ0v) is 10.8. The molecule has 1 saturated carbocycles. The van der Waals surface area contributed by atoms with Gasteiger partial charge in [0.2, 0.25) is 0 Å². The largest absolute Gasteiger partial charge is 0.494 e. The minimum Gasteiger partial charge on any atom is -0.494 e. The van der Waals surface area contributed by atoms with Crippen molar-refractivity contribution in [3.63, 3.8) is 0 Å². The molecule has 2 fully saturated rings. The van der Waals surface area contributed by atoms with E-state index in [9.17, 15) is 4.39 Å². The number of methoxy groups -OCH3 is 1. The maximum atomic E-state index is 13.8. The number of ether oxygens (including phenoxy) is 1. The molecule has 1 saturated heterocycles. The summed E-state index contributed by atoms with van der Waals surface area (Å²) in [6.07, 6.45) is 5.18. The van der Waals surface area contributed by atoms with Gasteiger partial charge in [0, 0.05) is 19.0 Å². The first kappa shape index (κ1) is 12.0. The summed E-state index contributed by atoms with van der Waals surface area (Å²) < 4.78 is 18.8. The third kappa shape index (κ3) is 1.81. The monoisotopic (exact) mass is 249 g/mol. The van der Waals surface area contributed by atoms with E-state index >= 15 is 0 Å². The van der Waals surface area contributed by atoms with Crippen LogP contribution in [0.3, 0.4) is 0 Å². The average molecular weight is 249 g/mol. The molecule has 1 heterocycles. The summed E-state index contributed by atoms with van der Waals surface area (Å²) >= 11 is 0. The van der Waals surface area contributed by atoms with Gasteiger partial charge in [-0.1, -0.05) is 18.9 Å². The zero-order valence-electron chi connectivity index (χ0n) is 10.8. The van der Waals surface area contributed by atoms with Crippen LogP contribution < -0.4 is 10.1 Å². The van der Waals surface area contributed by atoms with Crippen LogP contribution >= 0.6 is 0 Å². The maximum Gasteiger partial charge on any atom is 0.165 e. The van der Waals surface area contributed by atoms with Crippen molar-refractivity contribution in [2.75, 3.05) is 20.2 Å². The third-order valence-corrected chi connectivity index (χ3v) is 4.74. The molecule has 0 aromatic heterocycles. The number of nitrogens with one attached hydrogen (secondary N) is 1. The van der Waals surface area contributed by atoms with Crippen LogP contribution in [0.15, 0.2) is 18.2 Å². The summed E-state index contributed by atoms with van der Waals surface area (Å²) in [5, 5.41) is 3.50. The zero-order chi connectivity index (χ0) is 12.6. The van der Waals surface area contributed by atoms with Crippen LogP contribution in [0.2, 0.25) is 0 Å². The fourth-order valence-electron chi connectivity index (χ4n) is 3.78. The van der Waals surface area contributed by atoms with Crippen LogP contribution in [0.5, 0.6) is 5.75 Å². The summed E-state index contributed by atoms with van der Waals surface area (Å²) in [4.78, 5) is 0. The summed E-state index contributed by atoms with van der Waals surface area (Å²) in [6.45, 7) is 2.07. The van der Waals surface area contributed by atoms with Gasteiger partial charge in [-0.25, -0.2) is 4.39 Å². The normalized spacial score (nSPS) is 25.8. The molecule has 3 heteroatoms. The Balaban J connectivity index is 1.92. The number of rotatable bonds is 2. The summed E-state index contributed by atoms with van der Waals surface area (Å²) in [5.41, 5.74) is 1.50. The van der Waals surface area contributed by atoms with Crippen LogP contribution in [0.25, 0.3) is 0 Å².